The van der Waals surface area contributed by atoms with Crippen LogP contribution in [-0.4, -0.2) is 36.6 Å². The highest BCUT2D eigenvalue weighted by Gasteiger charge is 2.64. The Morgan fingerprint density at radius 2 is 1.59 bits per heavy atom. The minimum atomic E-state index is -3.18. The molecule has 4 aliphatic carbocycles. The summed E-state index contributed by atoms with van der Waals surface area (Å²) in [6.45, 7) is 9.77. The van der Waals surface area contributed by atoms with Crippen molar-refractivity contribution in [1.29, 1.82) is 0 Å². The minimum absolute atomic E-state index is 0.190. The van der Waals surface area contributed by atoms with Gasteiger partial charge in [-0.25, -0.2) is 8.42 Å². The van der Waals surface area contributed by atoms with Crippen molar-refractivity contribution in [2.24, 2.45) is 52.3 Å². The van der Waals surface area contributed by atoms with E-state index in [1.54, 1.807) is 24.3 Å². The number of sulfone groups is 1. The second-order valence-corrected chi connectivity index (χ2v) is 16.7. The van der Waals surface area contributed by atoms with E-state index in [2.05, 4.69) is 27.7 Å². The number of hydrogen-bond donors (Lipinski definition) is 2. The summed E-state index contributed by atoms with van der Waals surface area (Å²) in [6.07, 6.45) is 12.5. The molecule has 39 heavy (non-hydrogen) atoms. The van der Waals surface area contributed by atoms with Crippen LogP contribution in [0.4, 0.5) is 0 Å². The summed E-state index contributed by atoms with van der Waals surface area (Å²) in [5.41, 5.74) is 0.558. The van der Waals surface area contributed by atoms with Gasteiger partial charge in [-0.05, 0) is 116 Å². The molecule has 0 heterocycles. The molecule has 11 atom stereocenters. The molecule has 5 rings (SSSR count). The number of aliphatic hydroxyl groups excluding tert-OH is 2. The van der Waals surface area contributed by atoms with Crippen LogP contribution in [0.1, 0.15) is 105 Å². The van der Waals surface area contributed by atoms with Crippen LogP contribution in [0.15, 0.2) is 35.2 Å². The summed E-state index contributed by atoms with van der Waals surface area (Å²) in [5.74, 6) is 3.95. The van der Waals surface area contributed by atoms with Gasteiger partial charge in [0.05, 0.1) is 22.9 Å². The van der Waals surface area contributed by atoms with Gasteiger partial charge >= 0.3 is 0 Å². The van der Waals surface area contributed by atoms with Crippen LogP contribution < -0.4 is 0 Å². The number of rotatable bonds is 9. The number of fused-ring (bicyclic) bond motifs is 5. The first-order chi connectivity index (χ1) is 18.5. The van der Waals surface area contributed by atoms with Gasteiger partial charge in [0.1, 0.15) is 0 Å². The van der Waals surface area contributed by atoms with Crippen LogP contribution in [-0.2, 0) is 9.84 Å². The summed E-state index contributed by atoms with van der Waals surface area (Å²) in [7, 11) is -3.18. The van der Waals surface area contributed by atoms with Crippen LogP contribution in [0, 0.1) is 52.3 Å². The van der Waals surface area contributed by atoms with Gasteiger partial charge in [-0.1, -0.05) is 71.6 Å². The standard InChI is InChI=1S/C34H54O4S/c1-5-26-30-22-24(35)17-19-34(30,4)29-18-20-33(3)27(15-16-28(33)31(29)32(26)36)23(2)12-8-7-11-21-39(37,38)25-13-9-6-10-14-25/h6,9-10,13-14,23-24,26-32,35-36H,5,7-8,11-12,15-22H2,1-4H3/t23-,24-,26-,27-,28+,29+,30+,31+,32-,33-,34-/m1/s1. The third-order valence-electron chi connectivity index (χ3n) is 12.8. The maximum atomic E-state index is 12.6. The van der Waals surface area contributed by atoms with Crippen molar-refractivity contribution in [3.63, 3.8) is 0 Å². The molecule has 4 saturated carbocycles. The summed E-state index contributed by atoms with van der Waals surface area (Å²) in [5, 5.41) is 22.4. The highest BCUT2D eigenvalue weighted by Crippen LogP contribution is 2.69. The maximum Gasteiger partial charge on any atom is 0.178 e. The Hall–Kier alpha value is -0.910. The van der Waals surface area contributed by atoms with E-state index in [1.807, 2.05) is 6.07 Å². The van der Waals surface area contributed by atoms with Crippen LogP contribution in [0.2, 0.25) is 0 Å². The van der Waals surface area contributed by atoms with Gasteiger partial charge in [0, 0.05) is 0 Å². The molecule has 4 nitrogen and oxygen atoms in total. The predicted octanol–water partition coefficient (Wildman–Crippen LogP) is 7.28. The number of hydrogen-bond acceptors (Lipinski definition) is 4. The highest BCUT2D eigenvalue weighted by molar-refractivity contribution is 7.91. The Kier molecular flexibility index (Phi) is 8.65. The first-order valence-corrected chi connectivity index (χ1v) is 17.8. The van der Waals surface area contributed by atoms with Crippen molar-refractivity contribution in [1.82, 2.24) is 0 Å². The Morgan fingerprint density at radius 3 is 2.31 bits per heavy atom. The Labute approximate surface area is 238 Å². The SMILES string of the molecule is CC[C@H]1[C@@H](O)[C@@H]2[C@H](CC[C@]3(C)[C@@H]([C@H](C)CCCCCS(=O)(=O)c4ccccc4)CC[C@@H]23)[C@@]2(C)CC[C@@H](O)C[C@@H]12. The molecular formula is C34H54O4S. The van der Waals surface area contributed by atoms with Crippen LogP contribution in [0.3, 0.4) is 0 Å². The average Bonchev–Trinajstić information content (AvgIpc) is 3.27. The number of benzene rings is 1. The van der Waals surface area contributed by atoms with Crippen molar-refractivity contribution in [2.75, 3.05) is 5.75 Å². The predicted molar refractivity (Wildman–Crippen MR) is 158 cm³/mol. The zero-order chi connectivity index (χ0) is 28.0. The fourth-order valence-electron chi connectivity index (χ4n) is 10.8. The van der Waals surface area contributed by atoms with Crippen molar-refractivity contribution >= 4 is 9.84 Å². The maximum absolute atomic E-state index is 12.6. The summed E-state index contributed by atoms with van der Waals surface area (Å²) in [6, 6.07) is 8.85. The lowest BCUT2D eigenvalue weighted by atomic mass is 9.41. The van der Waals surface area contributed by atoms with E-state index in [9.17, 15) is 18.6 Å². The van der Waals surface area contributed by atoms with E-state index in [-0.39, 0.29) is 23.4 Å². The zero-order valence-electron chi connectivity index (χ0n) is 24.9. The van der Waals surface area contributed by atoms with Gasteiger partial charge in [-0.2, -0.15) is 0 Å². The highest BCUT2D eigenvalue weighted by atomic mass is 32.2. The molecule has 220 valence electrons. The minimum Gasteiger partial charge on any atom is -0.393 e. The molecule has 5 heteroatoms. The second kappa shape index (κ2) is 11.4. The van der Waals surface area contributed by atoms with Crippen LogP contribution in [0.25, 0.3) is 0 Å². The van der Waals surface area contributed by atoms with E-state index in [4.69, 9.17) is 0 Å². The van der Waals surface area contributed by atoms with Gasteiger partial charge < -0.3 is 10.2 Å². The van der Waals surface area contributed by atoms with Gasteiger partial charge in [-0.15, -0.1) is 0 Å². The van der Waals surface area contributed by atoms with Gasteiger partial charge in [0.15, 0.2) is 9.84 Å². The second-order valence-electron chi connectivity index (χ2n) is 14.6. The quantitative estimate of drug-likeness (QED) is 0.312. The smallest absolute Gasteiger partial charge is 0.178 e. The van der Waals surface area contributed by atoms with E-state index in [0.29, 0.717) is 51.7 Å². The largest absolute Gasteiger partial charge is 0.393 e. The van der Waals surface area contributed by atoms with Crippen LogP contribution in [0.5, 0.6) is 0 Å². The van der Waals surface area contributed by atoms with Gasteiger partial charge in [-0.3, -0.25) is 0 Å². The Balaban J connectivity index is 1.20. The van der Waals surface area contributed by atoms with Gasteiger partial charge in [0.25, 0.3) is 0 Å². The third kappa shape index (κ3) is 5.27. The lowest BCUT2D eigenvalue weighted by Crippen LogP contribution is -2.62. The first kappa shape index (κ1) is 29.6. The normalized spacial score (nSPS) is 42.8. The fraction of sp³-hybridized carbons (Fsp3) is 0.824. The molecule has 4 fully saturated rings. The molecule has 0 spiro atoms. The topological polar surface area (TPSA) is 74.6 Å². The van der Waals surface area contributed by atoms with Crippen molar-refractivity contribution < 1.29 is 18.6 Å². The molecule has 1 aromatic carbocycles. The van der Waals surface area contributed by atoms with E-state index in [1.165, 1.54) is 32.1 Å². The van der Waals surface area contributed by atoms with Crippen molar-refractivity contribution in [3.8, 4) is 0 Å². The van der Waals surface area contributed by atoms with Gasteiger partial charge in [0.2, 0.25) is 0 Å². The zero-order valence-corrected chi connectivity index (χ0v) is 25.7. The molecule has 0 saturated heterocycles. The lowest BCUT2D eigenvalue weighted by molar-refractivity contribution is -0.203. The summed E-state index contributed by atoms with van der Waals surface area (Å²) in [4.78, 5) is 0.443. The summed E-state index contributed by atoms with van der Waals surface area (Å²) >= 11 is 0. The molecule has 1 aromatic rings. The Morgan fingerprint density at radius 1 is 0.897 bits per heavy atom. The third-order valence-corrected chi connectivity index (χ3v) is 14.6. The van der Waals surface area contributed by atoms with E-state index < -0.39 is 9.84 Å². The number of aliphatic hydroxyl groups is 2. The van der Waals surface area contributed by atoms with Crippen molar-refractivity contribution in [3.05, 3.63) is 30.3 Å². The molecule has 0 aliphatic heterocycles. The molecule has 0 unspecified atom stereocenters. The fourth-order valence-corrected chi connectivity index (χ4v) is 12.2. The Bertz CT molecular complexity index is 1070. The number of unbranched alkanes of at least 4 members (excludes halogenated alkanes) is 2. The molecule has 0 bridgehead atoms. The first-order valence-electron chi connectivity index (χ1n) is 16.2. The molecule has 0 radical (unpaired) electrons. The summed E-state index contributed by atoms with van der Waals surface area (Å²) < 4.78 is 25.2. The van der Waals surface area contributed by atoms with Crippen LogP contribution >= 0.6 is 0 Å². The molecular weight excluding hydrogens is 504 g/mol. The van der Waals surface area contributed by atoms with E-state index in [0.717, 1.165) is 44.9 Å². The lowest BCUT2D eigenvalue weighted by Gasteiger charge is -2.64. The average molecular weight is 559 g/mol. The molecule has 0 amide bonds. The molecule has 2 N–H and O–H groups in total. The monoisotopic (exact) mass is 558 g/mol. The molecule has 0 aromatic heterocycles. The molecule has 4 aliphatic rings. The van der Waals surface area contributed by atoms with E-state index >= 15 is 0 Å². The van der Waals surface area contributed by atoms with Crippen molar-refractivity contribution in [2.45, 2.75) is 122 Å².